The Morgan fingerprint density at radius 3 is 2.38 bits per heavy atom. The molecule has 2 aromatic carbocycles. The summed E-state index contributed by atoms with van der Waals surface area (Å²) in [6.45, 7) is 3.04. The number of anilines is 1. The molecule has 5 rings (SSSR count). The number of piperidine rings is 3. The lowest BCUT2D eigenvalue weighted by Gasteiger charge is -2.44. The zero-order chi connectivity index (χ0) is 17.9. The quantitative estimate of drug-likeness (QED) is 0.833. The number of carbonyl (C=O) groups excluding carboxylic acids is 1. The van der Waals surface area contributed by atoms with E-state index >= 15 is 0 Å². The second kappa shape index (κ2) is 7.46. The minimum Gasteiger partial charge on any atom is -0.459 e. The highest BCUT2D eigenvalue weighted by Gasteiger charge is 2.37. The third-order valence-corrected chi connectivity index (χ3v) is 5.39. The number of rotatable bonds is 5. The van der Waals surface area contributed by atoms with E-state index < -0.39 is 6.04 Å². The number of halogens is 1. The Balaban J connectivity index is 1.52. The van der Waals surface area contributed by atoms with Gasteiger partial charge in [0.15, 0.2) is 6.04 Å². The third-order valence-electron chi connectivity index (χ3n) is 5.39. The molecule has 26 heavy (non-hydrogen) atoms. The molecule has 3 aliphatic rings. The summed E-state index contributed by atoms with van der Waals surface area (Å²) in [4.78, 5) is 15.3. The van der Waals surface area contributed by atoms with E-state index in [1.165, 1.54) is 12.1 Å². The summed E-state index contributed by atoms with van der Waals surface area (Å²) in [5.74, 6) is -0.118. The lowest BCUT2D eigenvalue weighted by molar-refractivity contribution is -0.159. The number of fused-ring (bicyclic) bond motifs is 3. The second-order valence-corrected chi connectivity index (χ2v) is 7.11. The molecule has 3 heterocycles. The van der Waals surface area contributed by atoms with Crippen LogP contribution >= 0.6 is 0 Å². The summed E-state index contributed by atoms with van der Waals surface area (Å²) < 4.78 is 19.1. The molecule has 2 aromatic rings. The second-order valence-electron chi connectivity index (χ2n) is 7.11. The van der Waals surface area contributed by atoms with Crippen molar-refractivity contribution in [1.29, 1.82) is 0 Å². The van der Waals surface area contributed by atoms with Crippen molar-refractivity contribution in [3.63, 3.8) is 0 Å². The predicted octanol–water partition coefficient (Wildman–Crippen LogP) is 3.62. The Hall–Kier alpha value is -2.40. The minimum absolute atomic E-state index is 0.0359. The van der Waals surface area contributed by atoms with Gasteiger partial charge in [-0.15, -0.1) is 0 Å². The Bertz CT molecular complexity index is 742. The first kappa shape index (κ1) is 17.0. The largest absolute Gasteiger partial charge is 0.459 e. The molecule has 2 atom stereocenters. The molecule has 4 nitrogen and oxygen atoms in total. The predicted molar refractivity (Wildman–Crippen MR) is 98.2 cm³/mol. The normalized spacial score (nSPS) is 25.5. The van der Waals surface area contributed by atoms with Gasteiger partial charge in [0.05, 0.1) is 0 Å². The molecule has 2 bridgehead atoms. The van der Waals surface area contributed by atoms with E-state index in [4.69, 9.17) is 4.74 Å². The van der Waals surface area contributed by atoms with E-state index in [9.17, 15) is 9.18 Å². The van der Waals surface area contributed by atoms with Crippen LogP contribution in [-0.4, -0.2) is 36.6 Å². The number of nitrogens with zero attached hydrogens (tertiary/aromatic N) is 1. The average Bonchev–Trinajstić information content (AvgIpc) is 2.69. The van der Waals surface area contributed by atoms with Gasteiger partial charge in [-0.1, -0.05) is 30.3 Å². The van der Waals surface area contributed by atoms with Gasteiger partial charge in [0.25, 0.3) is 0 Å². The molecule has 5 heteroatoms. The summed E-state index contributed by atoms with van der Waals surface area (Å²) in [7, 11) is 0. The highest BCUT2D eigenvalue weighted by Crippen LogP contribution is 2.31. The van der Waals surface area contributed by atoms with Crippen LogP contribution in [0.1, 0.15) is 24.4 Å². The van der Waals surface area contributed by atoms with Crippen LogP contribution in [0.5, 0.6) is 0 Å². The number of hydrogen-bond acceptors (Lipinski definition) is 4. The van der Waals surface area contributed by atoms with Gasteiger partial charge < -0.3 is 10.1 Å². The van der Waals surface area contributed by atoms with E-state index in [1.54, 1.807) is 12.1 Å². The van der Waals surface area contributed by atoms with Crippen LogP contribution in [-0.2, 0) is 9.53 Å². The maximum Gasteiger partial charge on any atom is 0.333 e. The van der Waals surface area contributed by atoms with E-state index in [-0.39, 0.29) is 17.9 Å². The van der Waals surface area contributed by atoms with Gasteiger partial charge in [-0.05, 0) is 61.7 Å². The summed E-state index contributed by atoms with van der Waals surface area (Å²) in [5.41, 5.74) is 1.52. The maximum atomic E-state index is 13.2. The first-order valence-electron chi connectivity index (χ1n) is 9.19. The first-order chi connectivity index (χ1) is 12.7. The molecule has 0 unspecified atom stereocenters. The van der Waals surface area contributed by atoms with Crippen molar-refractivity contribution < 1.29 is 13.9 Å². The molecule has 3 aliphatic heterocycles. The van der Waals surface area contributed by atoms with Gasteiger partial charge in [0.2, 0.25) is 0 Å². The minimum atomic E-state index is -0.614. The summed E-state index contributed by atoms with van der Waals surface area (Å²) >= 11 is 0. The lowest BCUT2D eigenvalue weighted by Crippen LogP contribution is -2.52. The highest BCUT2D eigenvalue weighted by atomic mass is 19.1. The highest BCUT2D eigenvalue weighted by molar-refractivity contribution is 5.81. The number of esters is 1. The molecule has 0 saturated carbocycles. The number of hydrogen-bond donors (Lipinski definition) is 1. The molecular weight excluding hydrogens is 331 g/mol. The average molecular weight is 354 g/mol. The first-order valence-corrected chi connectivity index (χ1v) is 9.19. The molecule has 0 spiro atoms. The molecule has 3 fully saturated rings. The molecular formula is C21H23FN2O2. The summed E-state index contributed by atoms with van der Waals surface area (Å²) in [6, 6.07) is 14.9. The van der Waals surface area contributed by atoms with Crippen LogP contribution in [0.4, 0.5) is 10.1 Å². The van der Waals surface area contributed by atoms with Gasteiger partial charge in [-0.2, -0.15) is 0 Å². The van der Waals surface area contributed by atoms with Crippen LogP contribution in [0.25, 0.3) is 0 Å². The molecule has 3 saturated heterocycles. The van der Waals surface area contributed by atoms with E-state index in [0.717, 1.165) is 38.0 Å². The van der Waals surface area contributed by atoms with Gasteiger partial charge >= 0.3 is 5.97 Å². The Morgan fingerprint density at radius 1 is 1.08 bits per heavy atom. The summed E-state index contributed by atoms with van der Waals surface area (Å²) in [5, 5.41) is 3.20. The van der Waals surface area contributed by atoms with Gasteiger partial charge in [0, 0.05) is 12.2 Å². The van der Waals surface area contributed by atoms with Crippen LogP contribution in [0.2, 0.25) is 0 Å². The number of benzene rings is 2. The topological polar surface area (TPSA) is 41.6 Å². The number of nitrogens with one attached hydrogen (secondary N) is 1. The zero-order valence-electron chi connectivity index (χ0n) is 14.6. The molecule has 0 radical (unpaired) electrons. The fourth-order valence-electron chi connectivity index (χ4n) is 3.90. The van der Waals surface area contributed by atoms with Gasteiger partial charge in [-0.3, -0.25) is 4.90 Å². The molecule has 0 aliphatic carbocycles. The van der Waals surface area contributed by atoms with Crippen molar-refractivity contribution in [2.24, 2.45) is 5.92 Å². The standard InChI is InChI=1S/C21H23FN2O2/c22-17-6-8-18(9-7-17)23-20(16-4-2-1-3-5-16)21(25)26-19-14-24-12-10-15(19)11-13-24/h1-9,15,19-20,23H,10-14H2/t19-,20+/m0/s1. The van der Waals surface area contributed by atoms with Crippen molar-refractivity contribution in [3.8, 4) is 0 Å². The van der Waals surface area contributed by atoms with E-state index in [2.05, 4.69) is 10.2 Å². The van der Waals surface area contributed by atoms with Crippen molar-refractivity contribution >= 4 is 11.7 Å². The number of ether oxygens (including phenoxy) is 1. The van der Waals surface area contributed by atoms with Gasteiger partial charge in [-0.25, -0.2) is 9.18 Å². The Labute approximate surface area is 153 Å². The lowest BCUT2D eigenvalue weighted by atomic mass is 9.86. The fourth-order valence-corrected chi connectivity index (χ4v) is 3.90. The van der Waals surface area contributed by atoms with E-state index in [0.29, 0.717) is 11.6 Å². The Kier molecular flexibility index (Phi) is 4.89. The van der Waals surface area contributed by atoms with Crippen molar-refractivity contribution in [1.82, 2.24) is 4.90 Å². The van der Waals surface area contributed by atoms with Gasteiger partial charge in [0.1, 0.15) is 11.9 Å². The smallest absolute Gasteiger partial charge is 0.333 e. The Morgan fingerprint density at radius 2 is 1.77 bits per heavy atom. The van der Waals surface area contributed by atoms with Crippen LogP contribution in [0.15, 0.2) is 54.6 Å². The third kappa shape index (κ3) is 3.73. The zero-order valence-corrected chi connectivity index (χ0v) is 14.6. The molecule has 1 N–H and O–H groups in total. The monoisotopic (exact) mass is 354 g/mol. The summed E-state index contributed by atoms with van der Waals surface area (Å²) in [6.07, 6.45) is 2.16. The van der Waals surface area contributed by atoms with Crippen molar-refractivity contribution in [2.45, 2.75) is 25.0 Å². The van der Waals surface area contributed by atoms with Crippen molar-refractivity contribution in [2.75, 3.05) is 25.0 Å². The molecule has 136 valence electrons. The van der Waals surface area contributed by atoms with Crippen molar-refractivity contribution in [3.05, 3.63) is 66.0 Å². The molecule has 0 aromatic heterocycles. The van der Waals surface area contributed by atoms with Crippen LogP contribution in [0, 0.1) is 11.7 Å². The molecule has 0 amide bonds. The SMILES string of the molecule is O=C(O[C@H]1CN2CCC1CC2)[C@H](Nc1ccc(F)cc1)c1ccccc1. The van der Waals surface area contributed by atoms with Crippen LogP contribution < -0.4 is 5.32 Å². The van der Waals surface area contributed by atoms with Crippen LogP contribution in [0.3, 0.4) is 0 Å². The van der Waals surface area contributed by atoms with E-state index in [1.807, 2.05) is 30.3 Å². The number of carbonyl (C=O) groups is 1. The maximum absolute atomic E-state index is 13.2. The fraction of sp³-hybridized carbons (Fsp3) is 0.381.